The number of anilines is 1. The van der Waals surface area contributed by atoms with Gasteiger partial charge in [0.1, 0.15) is 4.99 Å². The highest BCUT2D eigenvalue weighted by atomic mass is 32.2. The maximum Gasteiger partial charge on any atom is 0.107 e. The molecule has 2 rings (SSSR count). The molecule has 1 aromatic heterocycles. The van der Waals surface area contributed by atoms with Crippen LogP contribution in [0.3, 0.4) is 0 Å². The number of nitrogens with zero attached hydrogens (tertiary/aromatic N) is 1. The van der Waals surface area contributed by atoms with Gasteiger partial charge in [-0.25, -0.2) is 0 Å². The van der Waals surface area contributed by atoms with Crippen molar-refractivity contribution in [1.82, 2.24) is 4.98 Å². The van der Waals surface area contributed by atoms with Crippen LogP contribution in [-0.2, 0) is 6.42 Å². The Hall–Kier alpha value is -1.59. The third-order valence-corrected chi connectivity index (χ3v) is 3.93. The van der Waals surface area contributed by atoms with Gasteiger partial charge in [-0.15, -0.1) is 11.8 Å². The first kappa shape index (κ1) is 14.8. The van der Waals surface area contributed by atoms with Gasteiger partial charge in [0.25, 0.3) is 0 Å². The Morgan fingerprint density at radius 1 is 1.35 bits per heavy atom. The van der Waals surface area contributed by atoms with E-state index < -0.39 is 0 Å². The predicted octanol–water partition coefficient (Wildman–Crippen LogP) is 3.09. The van der Waals surface area contributed by atoms with Gasteiger partial charge >= 0.3 is 0 Å². The number of thioether (sulfide) groups is 1. The molecule has 0 radical (unpaired) electrons. The molecule has 0 unspecified atom stereocenters. The number of nitrogens with two attached hydrogens (primary N) is 1. The zero-order valence-electron chi connectivity index (χ0n) is 11.3. The molecule has 0 aliphatic heterocycles. The van der Waals surface area contributed by atoms with E-state index >= 15 is 0 Å². The zero-order valence-corrected chi connectivity index (χ0v) is 12.9. The molecule has 3 nitrogen and oxygen atoms in total. The summed E-state index contributed by atoms with van der Waals surface area (Å²) in [6.07, 6.45) is 6.60. The number of benzene rings is 1. The molecule has 0 atom stereocenters. The van der Waals surface area contributed by atoms with Gasteiger partial charge in [0.15, 0.2) is 0 Å². The molecule has 2 aromatic rings. The number of thiocarbonyl (C=S) groups is 1. The summed E-state index contributed by atoms with van der Waals surface area (Å²) in [5.41, 5.74) is 8.97. The fourth-order valence-corrected chi connectivity index (χ4v) is 2.91. The minimum absolute atomic E-state index is 0.429. The van der Waals surface area contributed by atoms with E-state index in [1.54, 1.807) is 18.0 Å². The van der Waals surface area contributed by atoms with E-state index in [9.17, 15) is 0 Å². The Kier molecular flexibility index (Phi) is 5.38. The molecule has 0 spiro atoms. The highest BCUT2D eigenvalue weighted by Crippen LogP contribution is 2.27. The summed E-state index contributed by atoms with van der Waals surface area (Å²) >= 11 is 6.81. The van der Waals surface area contributed by atoms with Crippen molar-refractivity contribution in [2.75, 3.05) is 18.1 Å². The van der Waals surface area contributed by atoms with Crippen LogP contribution >= 0.6 is 24.0 Å². The summed E-state index contributed by atoms with van der Waals surface area (Å²) in [6.45, 7) is 0.819. The largest absolute Gasteiger partial charge is 0.389 e. The van der Waals surface area contributed by atoms with E-state index in [-0.39, 0.29) is 0 Å². The number of rotatable bonds is 6. The Morgan fingerprint density at radius 2 is 2.20 bits per heavy atom. The van der Waals surface area contributed by atoms with E-state index in [1.807, 2.05) is 36.7 Å². The molecule has 0 aliphatic rings. The first-order valence-corrected chi connectivity index (χ1v) is 7.95. The van der Waals surface area contributed by atoms with Crippen LogP contribution in [0.15, 0.2) is 47.6 Å². The summed E-state index contributed by atoms with van der Waals surface area (Å²) in [7, 11) is 0. The van der Waals surface area contributed by atoms with Crippen molar-refractivity contribution in [1.29, 1.82) is 0 Å². The van der Waals surface area contributed by atoms with Crippen LogP contribution in [0.5, 0.6) is 0 Å². The average Bonchev–Trinajstić information content (AvgIpc) is 2.47. The molecule has 0 aliphatic carbocycles. The molecule has 1 aromatic carbocycles. The summed E-state index contributed by atoms with van der Waals surface area (Å²) in [5, 5.41) is 3.41. The lowest BCUT2D eigenvalue weighted by atomic mass is 10.1. The van der Waals surface area contributed by atoms with Gasteiger partial charge in [0.2, 0.25) is 0 Å². The Bertz CT molecular complexity index is 585. The zero-order chi connectivity index (χ0) is 14.4. The van der Waals surface area contributed by atoms with Crippen molar-refractivity contribution in [3.63, 3.8) is 0 Å². The second-order valence-electron chi connectivity index (χ2n) is 4.29. The number of nitrogens with one attached hydrogen (secondary N) is 1. The van der Waals surface area contributed by atoms with E-state index in [2.05, 4.69) is 16.4 Å². The van der Waals surface area contributed by atoms with Gasteiger partial charge in [0.05, 0.1) is 0 Å². The maximum absolute atomic E-state index is 5.84. The van der Waals surface area contributed by atoms with Gasteiger partial charge in [0, 0.05) is 35.1 Å². The molecular weight excluding hydrogens is 286 g/mol. The van der Waals surface area contributed by atoms with Gasteiger partial charge in [-0.3, -0.25) is 4.98 Å². The van der Waals surface area contributed by atoms with Crippen molar-refractivity contribution >= 4 is 34.7 Å². The van der Waals surface area contributed by atoms with Crippen LogP contribution in [0.25, 0.3) is 0 Å². The Labute approximate surface area is 129 Å². The molecule has 3 N–H and O–H groups in total. The average molecular weight is 303 g/mol. The fraction of sp³-hybridized carbons (Fsp3) is 0.200. The molecule has 0 saturated heterocycles. The molecule has 0 amide bonds. The van der Waals surface area contributed by atoms with E-state index in [4.69, 9.17) is 18.0 Å². The normalized spacial score (nSPS) is 10.2. The van der Waals surface area contributed by atoms with Crippen molar-refractivity contribution in [3.05, 3.63) is 53.9 Å². The first-order valence-electron chi connectivity index (χ1n) is 6.32. The Morgan fingerprint density at radius 3 is 2.85 bits per heavy atom. The second kappa shape index (κ2) is 7.26. The van der Waals surface area contributed by atoms with Crippen molar-refractivity contribution < 1.29 is 0 Å². The minimum Gasteiger partial charge on any atom is -0.389 e. The number of hydrogen-bond donors (Lipinski definition) is 2. The van der Waals surface area contributed by atoms with Gasteiger partial charge < -0.3 is 11.1 Å². The predicted molar refractivity (Wildman–Crippen MR) is 90.5 cm³/mol. The summed E-state index contributed by atoms with van der Waals surface area (Å²) in [5.74, 6) is 0. The second-order valence-corrected chi connectivity index (χ2v) is 5.57. The lowest BCUT2D eigenvalue weighted by molar-refractivity contribution is 1.00. The SMILES string of the molecule is CSc1cccc(NCCc2cccnc2)c1C(N)=S. The molecule has 5 heteroatoms. The topological polar surface area (TPSA) is 50.9 Å². The monoisotopic (exact) mass is 303 g/mol. The standard InChI is InChI=1S/C15H17N3S2/c1-20-13-6-2-5-12(14(13)15(16)19)18-9-7-11-4-3-8-17-10-11/h2-6,8,10,18H,7,9H2,1H3,(H2,16,19). The van der Waals surface area contributed by atoms with Crippen LogP contribution in [0.2, 0.25) is 0 Å². The first-order chi connectivity index (χ1) is 9.72. The smallest absolute Gasteiger partial charge is 0.107 e. The van der Waals surface area contributed by atoms with E-state index in [0.29, 0.717) is 4.99 Å². The third-order valence-electron chi connectivity index (χ3n) is 2.94. The van der Waals surface area contributed by atoms with Crippen molar-refractivity contribution in [2.45, 2.75) is 11.3 Å². The van der Waals surface area contributed by atoms with Crippen LogP contribution in [0, 0.1) is 0 Å². The molecule has 104 valence electrons. The highest BCUT2D eigenvalue weighted by Gasteiger charge is 2.10. The van der Waals surface area contributed by atoms with Gasteiger partial charge in [-0.1, -0.05) is 24.4 Å². The van der Waals surface area contributed by atoms with Crippen LogP contribution in [0.1, 0.15) is 11.1 Å². The van der Waals surface area contributed by atoms with Crippen LogP contribution in [0.4, 0.5) is 5.69 Å². The third kappa shape index (κ3) is 3.71. The maximum atomic E-state index is 5.84. The highest BCUT2D eigenvalue weighted by molar-refractivity contribution is 7.98. The molecule has 1 heterocycles. The quantitative estimate of drug-likeness (QED) is 0.634. The number of hydrogen-bond acceptors (Lipinski definition) is 4. The van der Waals surface area contributed by atoms with E-state index in [0.717, 1.165) is 29.1 Å². The van der Waals surface area contributed by atoms with Crippen LogP contribution in [-0.4, -0.2) is 22.8 Å². The van der Waals surface area contributed by atoms with Gasteiger partial charge in [-0.2, -0.15) is 0 Å². The molecule has 0 saturated carbocycles. The lowest BCUT2D eigenvalue weighted by Gasteiger charge is -2.14. The Balaban J connectivity index is 2.08. The molecular formula is C15H17N3S2. The van der Waals surface area contributed by atoms with Crippen LogP contribution < -0.4 is 11.1 Å². The number of pyridine rings is 1. The fourth-order valence-electron chi connectivity index (χ4n) is 1.99. The summed E-state index contributed by atoms with van der Waals surface area (Å²) in [6, 6.07) is 10.1. The lowest BCUT2D eigenvalue weighted by Crippen LogP contribution is -2.15. The summed E-state index contributed by atoms with van der Waals surface area (Å²) < 4.78 is 0. The summed E-state index contributed by atoms with van der Waals surface area (Å²) in [4.78, 5) is 5.64. The minimum atomic E-state index is 0.429. The molecule has 20 heavy (non-hydrogen) atoms. The van der Waals surface area contributed by atoms with E-state index in [1.165, 1.54) is 5.56 Å². The number of aromatic nitrogens is 1. The molecule has 0 fully saturated rings. The molecule has 0 bridgehead atoms. The van der Waals surface area contributed by atoms with Gasteiger partial charge in [-0.05, 0) is 36.4 Å². The van der Waals surface area contributed by atoms with Crippen molar-refractivity contribution in [3.8, 4) is 0 Å². The van der Waals surface area contributed by atoms with Crippen molar-refractivity contribution in [2.24, 2.45) is 5.73 Å².